The Morgan fingerprint density at radius 2 is 2.05 bits per heavy atom. The highest BCUT2D eigenvalue weighted by atomic mass is 16.1. The monoisotopic (exact) mass is 266 g/mol. The molecule has 0 aliphatic heterocycles. The highest BCUT2D eigenvalue weighted by Crippen LogP contribution is 2.26. The van der Waals surface area contributed by atoms with Gasteiger partial charge in [-0.15, -0.1) is 0 Å². The Hall–Kier alpha value is -2.16. The molecule has 1 heterocycles. The minimum absolute atomic E-state index is 0.0316. The fourth-order valence-corrected chi connectivity index (χ4v) is 2.75. The van der Waals surface area contributed by atoms with Gasteiger partial charge in [-0.2, -0.15) is 0 Å². The molecule has 0 atom stereocenters. The van der Waals surface area contributed by atoms with Crippen molar-refractivity contribution in [3.05, 3.63) is 47.7 Å². The maximum absolute atomic E-state index is 12.1. The number of anilines is 1. The lowest BCUT2D eigenvalue weighted by molar-refractivity contribution is -0.111. The molecule has 1 aliphatic rings. The van der Waals surface area contributed by atoms with Gasteiger partial charge in [-0.3, -0.25) is 9.78 Å². The Labute approximate surface area is 118 Å². The summed E-state index contributed by atoms with van der Waals surface area (Å²) in [6.07, 6.45) is 8.07. The van der Waals surface area contributed by atoms with Gasteiger partial charge in [0.25, 0.3) is 0 Å². The summed E-state index contributed by atoms with van der Waals surface area (Å²) in [5.74, 6) is -0.0316. The Morgan fingerprint density at radius 3 is 2.85 bits per heavy atom. The highest BCUT2D eigenvalue weighted by molar-refractivity contribution is 6.06. The predicted octanol–water partition coefficient (Wildman–Crippen LogP) is 3.98. The van der Waals surface area contributed by atoms with E-state index in [0.717, 1.165) is 35.0 Å². The summed E-state index contributed by atoms with van der Waals surface area (Å²) in [6, 6.07) is 7.83. The SMILES string of the molecule is Cc1ccc(NC(=O)C=C2CCCC2)c2cccnc12. The molecule has 1 N–H and O–H groups in total. The first kappa shape index (κ1) is 12.9. The van der Waals surface area contributed by atoms with Gasteiger partial charge < -0.3 is 5.32 Å². The number of hydrogen-bond acceptors (Lipinski definition) is 2. The van der Waals surface area contributed by atoms with Crippen molar-refractivity contribution in [2.75, 3.05) is 5.32 Å². The summed E-state index contributed by atoms with van der Waals surface area (Å²) in [4.78, 5) is 16.5. The van der Waals surface area contributed by atoms with Gasteiger partial charge >= 0.3 is 0 Å². The molecule has 1 aliphatic carbocycles. The van der Waals surface area contributed by atoms with Gasteiger partial charge in [0.1, 0.15) is 0 Å². The van der Waals surface area contributed by atoms with Crippen LogP contribution in [0.2, 0.25) is 0 Å². The van der Waals surface area contributed by atoms with Crippen molar-refractivity contribution in [1.29, 1.82) is 0 Å². The number of aryl methyl sites for hydroxylation is 1. The van der Waals surface area contributed by atoms with Crippen LogP contribution in [0, 0.1) is 6.92 Å². The quantitative estimate of drug-likeness (QED) is 0.835. The van der Waals surface area contributed by atoms with E-state index in [9.17, 15) is 4.79 Å². The topological polar surface area (TPSA) is 42.0 Å². The number of carbonyl (C=O) groups excluding carboxylic acids is 1. The van der Waals surface area contributed by atoms with Gasteiger partial charge in [0.15, 0.2) is 0 Å². The standard InChI is InChI=1S/C17H18N2O/c1-12-8-9-15(14-7-4-10-18-17(12)14)19-16(20)11-13-5-2-3-6-13/h4,7-11H,2-3,5-6H2,1H3,(H,19,20). The summed E-state index contributed by atoms with van der Waals surface area (Å²) in [5, 5.41) is 3.98. The van der Waals surface area contributed by atoms with E-state index in [4.69, 9.17) is 0 Å². The molecule has 1 saturated carbocycles. The van der Waals surface area contributed by atoms with Gasteiger partial charge in [0.2, 0.25) is 5.91 Å². The molecule has 0 spiro atoms. The van der Waals surface area contributed by atoms with E-state index < -0.39 is 0 Å². The van der Waals surface area contributed by atoms with Gasteiger partial charge in [-0.25, -0.2) is 0 Å². The third kappa shape index (κ3) is 2.57. The molecule has 0 unspecified atom stereocenters. The molecular weight excluding hydrogens is 248 g/mol. The molecule has 20 heavy (non-hydrogen) atoms. The molecule has 3 heteroatoms. The first-order valence-electron chi connectivity index (χ1n) is 7.09. The van der Waals surface area contributed by atoms with Crippen LogP contribution < -0.4 is 5.32 Å². The lowest BCUT2D eigenvalue weighted by Crippen LogP contribution is -2.09. The van der Waals surface area contributed by atoms with Gasteiger partial charge in [-0.05, 0) is 56.4 Å². The fraction of sp³-hybridized carbons (Fsp3) is 0.294. The zero-order valence-electron chi connectivity index (χ0n) is 11.6. The van der Waals surface area contributed by atoms with Crippen molar-refractivity contribution in [2.24, 2.45) is 0 Å². The van der Waals surface area contributed by atoms with Crippen molar-refractivity contribution in [3.8, 4) is 0 Å². The van der Waals surface area contributed by atoms with Crippen molar-refractivity contribution < 1.29 is 4.79 Å². The van der Waals surface area contributed by atoms with Crippen LogP contribution in [0.1, 0.15) is 31.2 Å². The van der Waals surface area contributed by atoms with Crippen LogP contribution in [0.5, 0.6) is 0 Å². The summed E-state index contributed by atoms with van der Waals surface area (Å²) < 4.78 is 0. The van der Waals surface area contributed by atoms with Gasteiger partial charge in [0.05, 0.1) is 11.2 Å². The number of carbonyl (C=O) groups is 1. The number of aromatic nitrogens is 1. The van der Waals surface area contributed by atoms with Gasteiger partial charge in [0, 0.05) is 17.7 Å². The Balaban J connectivity index is 1.89. The van der Waals surface area contributed by atoms with E-state index >= 15 is 0 Å². The number of amides is 1. The molecule has 3 nitrogen and oxygen atoms in total. The van der Waals surface area contributed by atoms with Crippen LogP contribution in [0.25, 0.3) is 10.9 Å². The second kappa shape index (κ2) is 5.45. The molecule has 0 saturated heterocycles. The van der Waals surface area contributed by atoms with Crippen LogP contribution in [-0.4, -0.2) is 10.9 Å². The average molecular weight is 266 g/mol. The largest absolute Gasteiger partial charge is 0.322 e. The average Bonchev–Trinajstić information content (AvgIpc) is 2.95. The minimum Gasteiger partial charge on any atom is -0.322 e. The second-order valence-corrected chi connectivity index (χ2v) is 5.33. The summed E-state index contributed by atoms with van der Waals surface area (Å²) >= 11 is 0. The zero-order valence-corrected chi connectivity index (χ0v) is 11.6. The number of benzene rings is 1. The summed E-state index contributed by atoms with van der Waals surface area (Å²) in [6.45, 7) is 2.03. The van der Waals surface area contributed by atoms with E-state index in [-0.39, 0.29) is 5.91 Å². The van der Waals surface area contributed by atoms with E-state index in [1.807, 2.05) is 31.2 Å². The van der Waals surface area contributed by atoms with Crippen LogP contribution in [0.3, 0.4) is 0 Å². The maximum atomic E-state index is 12.1. The number of rotatable bonds is 2. The fourth-order valence-electron chi connectivity index (χ4n) is 2.75. The molecular formula is C17H18N2O. The number of nitrogens with zero attached hydrogens (tertiary/aromatic N) is 1. The normalized spacial score (nSPS) is 14.6. The van der Waals surface area contributed by atoms with Crippen LogP contribution in [-0.2, 0) is 4.79 Å². The van der Waals surface area contributed by atoms with E-state index in [1.165, 1.54) is 18.4 Å². The smallest absolute Gasteiger partial charge is 0.248 e. The van der Waals surface area contributed by atoms with Crippen molar-refractivity contribution in [3.63, 3.8) is 0 Å². The zero-order chi connectivity index (χ0) is 13.9. The Kier molecular flexibility index (Phi) is 3.50. The van der Waals surface area contributed by atoms with Crippen molar-refractivity contribution >= 4 is 22.5 Å². The number of allylic oxidation sites excluding steroid dienone is 1. The first-order chi connectivity index (χ1) is 9.74. The molecule has 1 aromatic heterocycles. The molecule has 3 rings (SSSR count). The molecule has 102 valence electrons. The minimum atomic E-state index is -0.0316. The van der Waals surface area contributed by atoms with Gasteiger partial charge in [-0.1, -0.05) is 11.6 Å². The highest BCUT2D eigenvalue weighted by Gasteiger charge is 2.10. The lowest BCUT2D eigenvalue weighted by atomic mass is 10.1. The molecule has 1 fully saturated rings. The Morgan fingerprint density at radius 1 is 1.25 bits per heavy atom. The van der Waals surface area contributed by atoms with Crippen molar-refractivity contribution in [2.45, 2.75) is 32.6 Å². The molecule has 0 radical (unpaired) electrons. The van der Waals surface area contributed by atoms with E-state index in [2.05, 4.69) is 10.3 Å². The van der Waals surface area contributed by atoms with Crippen LogP contribution in [0.15, 0.2) is 42.1 Å². The molecule has 1 aromatic carbocycles. The number of fused-ring (bicyclic) bond motifs is 1. The first-order valence-corrected chi connectivity index (χ1v) is 7.09. The molecule has 1 amide bonds. The van der Waals surface area contributed by atoms with Crippen LogP contribution >= 0.6 is 0 Å². The predicted molar refractivity (Wildman–Crippen MR) is 81.7 cm³/mol. The van der Waals surface area contributed by atoms with E-state index in [0.29, 0.717) is 0 Å². The third-order valence-electron chi connectivity index (χ3n) is 3.81. The second-order valence-electron chi connectivity index (χ2n) is 5.33. The lowest BCUT2D eigenvalue weighted by Gasteiger charge is -2.08. The maximum Gasteiger partial charge on any atom is 0.248 e. The number of nitrogens with one attached hydrogen (secondary N) is 1. The molecule has 2 aromatic rings. The van der Waals surface area contributed by atoms with Crippen molar-refractivity contribution in [1.82, 2.24) is 4.98 Å². The van der Waals surface area contributed by atoms with Crippen LogP contribution in [0.4, 0.5) is 5.69 Å². The van der Waals surface area contributed by atoms with E-state index in [1.54, 1.807) is 12.3 Å². The summed E-state index contributed by atoms with van der Waals surface area (Å²) in [5.41, 5.74) is 4.15. The number of hydrogen-bond donors (Lipinski definition) is 1. The Bertz CT molecular complexity index is 680. The number of pyridine rings is 1. The third-order valence-corrected chi connectivity index (χ3v) is 3.81. The summed E-state index contributed by atoms with van der Waals surface area (Å²) in [7, 11) is 0. The molecule has 0 bridgehead atoms.